The summed E-state index contributed by atoms with van der Waals surface area (Å²) in [5.74, 6) is 2.23. The first-order valence-corrected chi connectivity index (χ1v) is 6.13. The zero-order chi connectivity index (χ0) is 12.9. The van der Waals surface area contributed by atoms with E-state index < -0.39 is 6.48 Å². The summed E-state index contributed by atoms with van der Waals surface area (Å²) in [6, 6.07) is 17.1. The number of hydrogen-bond acceptors (Lipinski definition) is 4. The van der Waals surface area contributed by atoms with Gasteiger partial charge in [-0.15, -0.1) is 0 Å². The highest BCUT2D eigenvalue weighted by molar-refractivity contribution is 5.41. The second-order valence-corrected chi connectivity index (χ2v) is 4.00. The van der Waals surface area contributed by atoms with Crippen LogP contribution in [0.5, 0.6) is 17.2 Å². The molecular formula is C15H14O4. The average molecular weight is 258 g/mol. The predicted octanol–water partition coefficient (Wildman–Crippen LogP) is 2.84. The second kappa shape index (κ2) is 5.63. The Balaban J connectivity index is 1.41. The van der Waals surface area contributed by atoms with Crippen LogP contribution < -0.4 is 14.2 Å². The van der Waals surface area contributed by atoms with E-state index in [1.54, 1.807) is 0 Å². The van der Waals surface area contributed by atoms with Crippen molar-refractivity contribution in [3.63, 3.8) is 0 Å². The number of hydrogen-bond donors (Lipinski definition) is 0. The van der Waals surface area contributed by atoms with Gasteiger partial charge in [0.15, 0.2) is 11.5 Å². The van der Waals surface area contributed by atoms with Gasteiger partial charge >= 0.3 is 6.48 Å². The van der Waals surface area contributed by atoms with Crippen LogP contribution >= 0.6 is 0 Å². The summed E-state index contributed by atoms with van der Waals surface area (Å²) in [4.78, 5) is 0. The highest BCUT2D eigenvalue weighted by Crippen LogP contribution is 2.33. The fourth-order valence-corrected chi connectivity index (χ4v) is 1.76. The van der Waals surface area contributed by atoms with E-state index in [0.717, 1.165) is 5.75 Å². The summed E-state index contributed by atoms with van der Waals surface area (Å²) in [6.07, 6.45) is 0. The molecule has 0 atom stereocenters. The monoisotopic (exact) mass is 258 g/mol. The minimum atomic E-state index is -0.684. The van der Waals surface area contributed by atoms with Crippen LogP contribution in [0, 0.1) is 0 Å². The van der Waals surface area contributed by atoms with E-state index in [4.69, 9.17) is 18.9 Å². The quantitative estimate of drug-likeness (QED) is 0.773. The molecule has 0 aromatic heterocycles. The van der Waals surface area contributed by atoms with Gasteiger partial charge in [0.05, 0.1) is 6.61 Å². The fourth-order valence-electron chi connectivity index (χ4n) is 1.76. The number of rotatable bonds is 5. The van der Waals surface area contributed by atoms with Gasteiger partial charge in [-0.2, -0.15) is 0 Å². The Morgan fingerprint density at radius 1 is 0.789 bits per heavy atom. The molecule has 0 aliphatic carbocycles. The van der Waals surface area contributed by atoms with Gasteiger partial charge in [0.25, 0.3) is 0 Å². The van der Waals surface area contributed by atoms with Crippen molar-refractivity contribution in [2.45, 2.75) is 6.48 Å². The number of benzene rings is 2. The molecule has 0 spiro atoms. The van der Waals surface area contributed by atoms with Crippen LogP contribution in [0.4, 0.5) is 0 Å². The molecule has 98 valence electrons. The number of fused-ring (bicyclic) bond motifs is 1. The Hall–Kier alpha value is -2.20. The van der Waals surface area contributed by atoms with Crippen LogP contribution in [-0.4, -0.2) is 19.7 Å². The van der Waals surface area contributed by atoms with Gasteiger partial charge in [0.1, 0.15) is 12.4 Å². The average Bonchev–Trinajstić information content (AvgIpc) is 2.87. The van der Waals surface area contributed by atoms with Gasteiger partial charge in [-0.3, -0.25) is 0 Å². The zero-order valence-electron chi connectivity index (χ0n) is 10.3. The van der Waals surface area contributed by atoms with Crippen molar-refractivity contribution < 1.29 is 18.9 Å². The Bertz CT molecular complexity index is 502. The van der Waals surface area contributed by atoms with Crippen molar-refractivity contribution in [2.24, 2.45) is 0 Å². The molecule has 3 rings (SSSR count). The maximum Gasteiger partial charge on any atom is 0.361 e. The summed E-state index contributed by atoms with van der Waals surface area (Å²) in [6.45, 7) is 0.161. The Morgan fingerprint density at radius 2 is 1.42 bits per heavy atom. The summed E-state index contributed by atoms with van der Waals surface area (Å²) in [5, 5.41) is 0. The lowest BCUT2D eigenvalue weighted by atomic mass is 10.3. The van der Waals surface area contributed by atoms with Crippen LogP contribution in [0.2, 0.25) is 0 Å². The van der Waals surface area contributed by atoms with E-state index >= 15 is 0 Å². The topological polar surface area (TPSA) is 36.9 Å². The van der Waals surface area contributed by atoms with Crippen molar-refractivity contribution in [1.82, 2.24) is 0 Å². The van der Waals surface area contributed by atoms with Gasteiger partial charge in [-0.1, -0.05) is 30.3 Å². The molecule has 2 aromatic rings. The van der Waals surface area contributed by atoms with Crippen LogP contribution in [0.3, 0.4) is 0 Å². The molecule has 0 fully saturated rings. The molecule has 1 aliphatic rings. The Kier molecular flexibility index (Phi) is 3.51. The van der Waals surface area contributed by atoms with E-state index in [2.05, 4.69) is 0 Å². The molecule has 2 aromatic carbocycles. The van der Waals surface area contributed by atoms with Gasteiger partial charge in [-0.05, 0) is 24.3 Å². The van der Waals surface area contributed by atoms with Crippen LogP contribution in [0.1, 0.15) is 0 Å². The minimum absolute atomic E-state index is 0.396. The van der Waals surface area contributed by atoms with Crippen LogP contribution in [-0.2, 0) is 4.74 Å². The molecule has 4 heteroatoms. The summed E-state index contributed by atoms with van der Waals surface area (Å²) >= 11 is 0. The highest BCUT2D eigenvalue weighted by atomic mass is 16.9. The normalized spacial score (nSPS) is 13.5. The first-order valence-electron chi connectivity index (χ1n) is 6.13. The van der Waals surface area contributed by atoms with Crippen molar-refractivity contribution in [3.05, 3.63) is 54.6 Å². The largest absolute Gasteiger partial charge is 0.491 e. The molecule has 0 amide bonds. The Labute approximate surface area is 111 Å². The molecule has 0 radical (unpaired) electrons. The SMILES string of the molecule is c1ccc(OCCOC2Oc3ccccc3O2)cc1. The molecule has 0 saturated carbocycles. The predicted molar refractivity (Wildman–Crippen MR) is 69.4 cm³/mol. The fraction of sp³-hybridized carbons (Fsp3) is 0.200. The van der Waals surface area contributed by atoms with Gasteiger partial charge < -0.3 is 18.9 Å². The molecule has 0 saturated heterocycles. The van der Waals surface area contributed by atoms with Crippen molar-refractivity contribution in [3.8, 4) is 17.2 Å². The molecule has 19 heavy (non-hydrogen) atoms. The molecule has 0 N–H and O–H groups in total. The Morgan fingerprint density at radius 3 is 2.11 bits per heavy atom. The third-order valence-electron chi connectivity index (χ3n) is 2.64. The molecule has 0 bridgehead atoms. The second-order valence-electron chi connectivity index (χ2n) is 4.00. The van der Waals surface area contributed by atoms with E-state index in [9.17, 15) is 0 Å². The van der Waals surface area contributed by atoms with E-state index in [0.29, 0.717) is 24.7 Å². The van der Waals surface area contributed by atoms with Gasteiger partial charge in [-0.25, -0.2) is 0 Å². The molecule has 0 unspecified atom stereocenters. The minimum Gasteiger partial charge on any atom is -0.491 e. The molecule has 1 aliphatic heterocycles. The van der Waals surface area contributed by atoms with E-state index in [1.807, 2.05) is 54.6 Å². The van der Waals surface area contributed by atoms with Crippen molar-refractivity contribution >= 4 is 0 Å². The van der Waals surface area contributed by atoms with Gasteiger partial charge in [0.2, 0.25) is 0 Å². The molecular weight excluding hydrogens is 244 g/mol. The standard InChI is InChI=1S/C15H14O4/c1-2-6-12(7-3-1)16-10-11-17-15-18-13-8-4-5-9-14(13)19-15/h1-9,15H,10-11H2. The third kappa shape index (κ3) is 2.98. The first-order chi connectivity index (χ1) is 9.42. The number of ether oxygens (including phenoxy) is 4. The van der Waals surface area contributed by atoms with Gasteiger partial charge in [0, 0.05) is 0 Å². The molecule has 1 heterocycles. The lowest BCUT2D eigenvalue weighted by Gasteiger charge is -2.11. The lowest BCUT2D eigenvalue weighted by Crippen LogP contribution is -2.24. The lowest BCUT2D eigenvalue weighted by molar-refractivity contribution is -0.179. The van der Waals surface area contributed by atoms with Crippen LogP contribution in [0.15, 0.2) is 54.6 Å². The number of para-hydroxylation sites is 3. The molecule has 4 nitrogen and oxygen atoms in total. The van der Waals surface area contributed by atoms with Crippen molar-refractivity contribution in [2.75, 3.05) is 13.2 Å². The maximum atomic E-state index is 5.51. The first kappa shape index (κ1) is 11.9. The highest BCUT2D eigenvalue weighted by Gasteiger charge is 2.23. The van der Waals surface area contributed by atoms with E-state index in [1.165, 1.54) is 0 Å². The smallest absolute Gasteiger partial charge is 0.361 e. The van der Waals surface area contributed by atoms with Crippen LogP contribution in [0.25, 0.3) is 0 Å². The summed E-state index contributed by atoms with van der Waals surface area (Å²) in [7, 11) is 0. The summed E-state index contributed by atoms with van der Waals surface area (Å²) in [5.41, 5.74) is 0. The zero-order valence-corrected chi connectivity index (χ0v) is 10.3. The summed E-state index contributed by atoms with van der Waals surface area (Å²) < 4.78 is 21.9. The third-order valence-corrected chi connectivity index (χ3v) is 2.64. The van der Waals surface area contributed by atoms with Crippen molar-refractivity contribution in [1.29, 1.82) is 0 Å². The van der Waals surface area contributed by atoms with E-state index in [-0.39, 0.29) is 0 Å². The maximum absolute atomic E-state index is 5.51.